The van der Waals surface area contributed by atoms with Gasteiger partial charge >= 0.3 is 0 Å². The minimum absolute atomic E-state index is 0.00708. The maximum absolute atomic E-state index is 13.8. The van der Waals surface area contributed by atoms with Crippen molar-refractivity contribution in [2.75, 3.05) is 33.9 Å². The van der Waals surface area contributed by atoms with E-state index in [1.807, 2.05) is 18.2 Å². The van der Waals surface area contributed by atoms with Crippen molar-refractivity contribution in [3.63, 3.8) is 0 Å². The van der Waals surface area contributed by atoms with Crippen LogP contribution < -0.4 is 9.47 Å². The van der Waals surface area contributed by atoms with Gasteiger partial charge in [0.2, 0.25) is 20.0 Å². The van der Waals surface area contributed by atoms with Crippen LogP contribution in [0.4, 0.5) is 4.39 Å². The fraction of sp³-hybridized carbons (Fsp3) is 0.357. The molecule has 3 aromatic rings. The van der Waals surface area contributed by atoms with Crippen molar-refractivity contribution in [1.82, 2.24) is 8.61 Å². The fourth-order valence-electron chi connectivity index (χ4n) is 4.63. The summed E-state index contributed by atoms with van der Waals surface area (Å²) in [4.78, 5) is -0.167. The number of ether oxygens (including phenoxy) is 2. The summed E-state index contributed by atoms with van der Waals surface area (Å²) in [5.74, 6) is -0.387. The van der Waals surface area contributed by atoms with Gasteiger partial charge < -0.3 is 14.6 Å². The topological polar surface area (TPSA) is 113 Å². The van der Waals surface area contributed by atoms with Crippen LogP contribution in [0.1, 0.15) is 13.8 Å². The van der Waals surface area contributed by atoms with Crippen molar-refractivity contribution in [3.05, 3.63) is 72.5 Å². The van der Waals surface area contributed by atoms with Crippen LogP contribution >= 0.6 is 0 Å². The van der Waals surface area contributed by atoms with Gasteiger partial charge in [-0.05, 0) is 55.0 Å². The molecule has 0 amide bonds. The van der Waals surface area contributed by atoms with Crippen molar-refractivity contribution < 1.29 is 35.8 Å². The Labute approximate surface area is 234 Å². The third kappa shape index (κ3) is 5.86. The lowest BCUT2D eigenvalue weighted by Gasteiger charge is -2.37. The zero-order valence-electron chi connectivity index (χ0n) is 22.7. The fourth-order valence-corrected chi connectivity index (χ4v) is 7.64. The van der Waals surface area contributed by atoms with Crippen LogP contribution in [0.2, 0.25) is 0 Å². The van der Waals surface area contributed by atoms with Crippen LogP contribution in [0.15, 0.2) is 76.5 Å². The minimum Gasteiger partial charge on any atom is -0.496 e. The highest BCUT2D eigenvalue weighted by Gasteiger charge is 2.39. The molecule has 0 spiro atoms. The molecular weight excluding hydrogens is 559 g/mol. The number of para-hydroxylation sites is 1. The normalized spacial score (nSPS) is 20.2. The van der Waals surface area contributed by atoms with Crippen molar-refractivity contribution in [2.24, 2.45) is 5.92 Å². The molecule has 1 heterocycles. The zero-order valence-corrected chi connectivity index (χ0v) is 24.3. The molecule has 4 rings (SSSR count). The maximum Gasteiger partial charge on any atom is 0.247 e. The van der Waals surface area contributed by atoms with Crippen molar-refractivity contribution >= 4 is 20.0 Å². The van der Waals surface area contributed by atoms with E-state index in [0.717, 1.165) is 22.0 Å². The lowest BCUT2D eigenvalue weighted by Crippen LogP contribution is -2.50. The summed E-state index contributed by atoms with van der Waals surface area (Å²) >= 11 is 0. The van der Waals surface area contributed by atoms with Crippen molar-refractivity contribution in [1.29, 1.82) is 0 Å². The molecule has 0 bridgehead atoms. The van der Waals surface area contributed by atoms with Crippen LogP contribution in [0.3, 0.4) is 0 Å². The first-order valence-corrected chi connectivity index (χ1v) is 15.6. The van der Waals surface area contributed by atoms with Gasteiger partial charge in [0.15, 0.2) is 0 Å². The van der Waals surface area contributed by atoms with Gasteiger partial charge in [0, 0.05) is 31.1 Å². The Morgan fingerprint density at radius 3 is 2.48 bits per heavy atom. The molecule has 0 aromatic heterocycles. The van der Waals surface area contributed by atoms with Crippen molar-refractivity contribution in [3.8, 4) is 22.6 Å². The number of aliphatic hydroxyl groups excluding tert-OH is 1. The molecule has 9 nitrogen and oxygen atoms in total. The second-order valence-electron chi connectivity index (χ2n) is 9.84. The van der Waals surface area contributed by atoms with E-state index in [1.165, 1.54) is 36.7 Å². The maximum atomic E-state index is 13.8. The van der Waals surface area contributed by atoms with E-state index in [1.54, 1.807) is 32.0 Å². The third-order valence-electron chi connectivity index (χ3n) is 7.04. The van der Waals surface area contributed by atoms with Crippen LogP contribution in [0, 0.1) is 11.7 Å². The highest BCUT2D eigenvalue weighted by molar-refractivity contribution is 7.89. The van der Waals surface area contributed by atoms with Gasteiger partial charge in [0.25, 0.3) is 0 Å². The predicted octanol–water partition coefficient (Wildman–Crippen LogP) is 3.59. The highest BCUT2D eigenvalue weighted by Crippen LogP contribution is 2.39. The monoisotopic (exact) mass is 592 g/mol. The standard InChI is InChI=1S/C28H33FN2O7S2/c1-19-16-31(20(2)18-32)40(35,36)28-14-9-21(24-7-5-6-8-25(24)37-4)15-26(28)38-27(19)17-30(3)39(33,34)23-12-10-22(29)11-13-23/h5-15,19-20,27,32H,16-18H2,1-4H3/t19-,20+,27+/m0/s1. The number of hydrogen-bond donors (Lipinski definition) is 1. The zero-order chi connectivity index (χ0) is 29.2. The van der Waals surface area contributed by atoms with E-state index in [0.29, 0.717) is 11.3 Å². The number of aliphatic hydroxyl groups is 1. The number of benzene rings is 3. The Balaban J connectivity index is 1.79. The summed E-state index contributed by atoms with van der Waals surface area (Å²) in [5.41, 5.74) is 1.37. The number of likely N-dealkylation sites (N-methyl/N-ethyl adjacent to an activating group) is 1. The Morgan fingerprint density at radius 2 is 1.82 bits per heavy atom. The van der Waals surface area contributed by atoms with Gasteiger partial charge in [-0.1, -0.05) is 31.2 Å². The lowest BCUT2D eigenvalue weighted by atomic mass is 10.0. The van der Waals surface area contributed by atoms with Crippen molar-refractivity contribution in [2.45, 2.75) is 35.8 Å². The first kappa shape index (κ1) is 29.9. The molecule has 1 aliphatic heterocycles. The van der Waals surface area contributed by atoms with Crippen LogP contribution in [0.5, 0.6) is 11.5 Å². The number of rotatable bonds is 8. The summed E-state index contributed by atoms with van der Waals surface area (Å²) in [7, 11) is -5.14. The first-order valence-electron chi connectivity index (χ1n) is 12.7. The lowest BCUT2D eigenvalue weighted by molar-refractivity contribution is 0.0905. The van der Waals surface area contributed by atoms with Crippen LogP contribution in [0.25, 0.3) is 11.1 Å². The smallest absolute Gasteiger partial charge is 0.247 e. The summed E-state index contributed by atoms with van der Waals surface area (Å²) in [6, 6.07) is 15.8. The molecule has 40 heavy (non-hydrogen) atoms. The number of sulfonamides is 2. The molecule has 1 aliphatic rings. The van der Waals surface area contributed by atoms with E-state index >= 15 is 0 Å². The predicted molar refractivity (Wildman–Crippen MR) is 149 cm³/mol. The molecule has 0 aliphatic carbocycles. The summed E-state index contributed by atoms with van der Waals surface area (Å²) < 4.78 is 81.6. The van der Waals surface area contributed by atoms with Crippen LogP contribution in [-0.4, -0.2) is 76.6 Å². The van der Waals surface area contributed by atoms with Crippen LogP contribution in [-0.2, 0) is 20.0 Å². The largest absolute Gasteiger partial charge is 0.496 e. The van der Waals surface area contributed by atoms with Gasteiger partial charge in [-0.15, -0.1) is 0 Å². The Bertz CT molecular complexity index is 1560. The van der Waals surface area contributed by atoms with Gasteiger partial charge in [-0.25, -0.2) is 21.2 Å². The molecule has 3 atom stereocenters. The Kier molecular flexibility index (Phi) is 8.86. The van der Waals surface area contributed by atoms with E-state index in [9.17, 15) is 26.3 Å². The third-order valence-corrected chi connectivity index (χ3v) is 10.9. The van der Waals surface area contributed by atoms with Gasteiger partial charge in [0.1, 0.15) is 28.3 Å². The number of methoxy groups -OCH3 is 1. The minimum atomic E-state index is -4.08. The molecule has 0 unspecified atom stereocenters. The molecule has 12 heteroatoms. The number of nitrogens with zero attached hydrogens (tertiary/aromatic N) is 2. The number of halogens is 1. The summed E-state index contributed by atoms with van der Waals surface area (Å²) in [5, 5.41) is 9.86. The molecule has 0 saturated carbocycles. The second kappa shape index (κ2) is 11.8. The van der Waals surface area contributed by atoms with E-state index in [2.05, 4.69) is 0 Å². The van der Waals surface area contributed by atoms with Gasteiger partial charge in [-0.2, -0.15) is 8.61 Å². The number of hydrogen-bond acceptors (Lipinski definition) is 7. The quantitative estimate of drug-likeness (QED) is 0.425. The van der Waals surface area contributed by atoms with E-state index < -0.39 is 50.5 Å². The second-order valence-corrected chi connectivity index (χ2v) is 13.7. The number of fused-ring (bicyclic) bond motifs is 1. The average Bonchev–Trinajstić information content (AvgIpc) is 2.94. The Morgan fingerprint density at radius 1 is 1.15 bits per heavy atom. The highest BCUT2D eigenvalue weighted by atomic mass is 32.2. The van der Waals surface area contributed by atoms with Gasteiger partial charge in [-0.3, -0.25) is 0 Å². The summed E-state index contributed by atoms with van der Waals surface area (Å²) in [6.45, 7) is 2.86. The molecule has 216 valence electrons. The van der Waals surface area contributed by atoms with Gasteiger partial charge in [0.05, 0.1) is 25.2 Å². The molecule has 3 aromatic carbocycles. The average molecular weight is 593 g/mol. The molecule has 0 saturated heterocycles. The SMILES string of the molecule is COc1ccccc1-c1ccc2c(c1)O[C@H](CN(C)S(=O)(=O)c1ccc(F)cc1)[C@@H](C)CN([C@H](C)CO)S2(=O)=O. The summed E-state index contributed by atoms with van der Waals surface area (Å²) in [6.07, 6.45) is -0.768. The molecule has 0 radical (unpaired) electrons. The molecule has 0 fully saturated rings. The Hall–Kier alpha value is -3.03. The van der Waals surface area contributed by atoms with E-state index in [-0.39, 0.29) is 28.6 Å². The molecular formula is C28H33FN2O7S2. The van der Waals surface area contributed by atoms with E-state index in [4.69, 9.17) is 9.47 Å². The first-order chi connectivity index (χ1) is 18.9. The molecule has 1 N–H and O–H groups in total.